The average molecular weight is 707 g/mol. The molecule has 2 aliphatic heterocycles. The third kappa shape index (κ3) is 7.75. The number of amides is 2. The fourth-order valence-electron chi connectivity index (χ4n) is 6.36. The summed E-state index contributed by atoms with van der Waals surface area (Å²) in [5.41, 5.74) is 9.89. The molecule has 3 N–H and O–H groups in total. The van der Waals surface area contributed by atoms with Crippen LogP contribution in [0.1, 0.15) is 74.2 Å². The van der Waals surface area contributed by atoms with Gasteiger partial charge in [0.25, 0.3) is 11.8 Å². The van der Waals surface area contributed by atoms with Gasteiger partial charge in [-0.2, -0.15) is 0 Å². The Morgan fingerprint density at radius 1 is 0.755 bits per heavy atom. The summed E-state index contributed by atoms with van der Waals surface area (Å²) in [5.74, 6) is -0.974. The molecule has 2 aliphatic rings. The minimum Gasteiger partial charge on any atom is -0.468 e. The second kappa shape index (κ2) is 16.1. The van der Waals surface area contributed by atoms with Crippen molar-refractivity contribution in [3.63, 3.8) is 0 Å². The molecule has 12 heteroatoms. The Kier molecular flexibility index (Phi) is 12.4. The second-order valence-electron chi connectivity index (χ2n) is 12.0. The van der Waals surface area contributed by atoms with E-state index in [0.717, 1.165) is 61.2 Å². The second-order valence-corrected chi connectivity index (χ2v) is 14.1. The normalized spacial score (nSPS) is 17.8. The lowest BCUT2D eigenvalue weighted by Crippen LogP contribution is -2.24. The van der Waals surface area contributed by atoms with E-state index in [1.807, 2.05) is 65.4 Å². The van der Waals surface area contributed by atoms with Crippen LogP contribution in [0.25, 0.3) is 18.2 Å². The van der Waals surface area contributed by atoms with Crippen LogP contribution in [0.15, 0.2) is 33.0 Å². The largest absolute Gasteiger partial charge is 0.468 e. The van der Waals surface area contributed by atoms with Gasteiger partial charge < -0.3 is 24.8 Å². The number of nitrogens with zero attached hydrogens (tertiary/aromatic N) is 1. The topological polar surface area (TPSA) is 143 Å². The number of hydrogen-bond donors (Lipinski definition) is 3. The van der Waals surface area contributed by atoms with Crippen molar-refractivity contribution in [2.75, 3.05) is 26.7 Å². The molecule has 10 nitrogen and oxygen atoms in total. The molecule has 4 rings (SSSR count). The highest BCUT2D eigenvalue weighted by Gasteiger charge is 2.27. The standard InChI is InChI=1S/C37H46N4O6S2/c1-11-22-20(5)34(42)40-28(22)15-26-18(3)24(13-32(48-9)36(44)46-7)30(38-26)17-31-25(14-33(49-10)37(45)47-8)19(4)27(39-31)16-29-23(12-2)21(6)35(43)41-29/h15-17,32-33,38-39H,11-14H2,1-10H3,(H,40,42)/b27-16+,28-15+,31-17-. The molecule has 49 heavy (non-hydrogen) atoms. The quantitative estimate of drug-likeness (QED) is 0.261. The molecule has 0 bridgehead atoms. The molecule has 2 aromatic heterocycles. The lowest BCUT2D eigenvalue weighted by Gasteiger charge is -2.13. The Balaban J connectivity index is 2.00. The summed E-state index contributed by atoms with van der Waals surface area (Å²) in [6.07, 6.45) is 11.8. The van der Waals surface area contributed by atoms with E-state index in [-0.39, 0.29) is 23.8 Å². The molecule has 0 fully saturated rings. The highest BCUT2D eigenvalue weighted by atomic mass is 32.2. The van der Waals surface area contributed by atoms with Crippen molar-refractivity contribution in [3.05, 3.63) is 72.3 Å². The third-order valence-corrected chi connectivity index (χ3v) is 11.3. The Morgan fingerprint density at radius 3 is 1.90 bits per heavy atom. The van der Waals surface area contributed by atoms with Gasteiger partial charge in [0.05, 0.1) is 19.9 Å². The van der Waals surface area contributed by atoms with Crippen molar-refractivity contribution in [2.45, 2.75) is 77.7 Å². The summed E-state index contributed by atoms with van der Waals surface area (Å²) < 4.78 is 10.2. The van der Waals surface area contributed by atoms with E-state index >= 15 is 0 Å². The van der Waals surface area contributed by atoms with E-state index in [0.29, 0.717) is 42.5 Å². The molecule has 2 atom stereocenters. The van der Waals surface area contributed by atoms with Crippen LogP contribution in [0, 0.1) is 13.8 Å². The number of ether oxygens (including phenoxy) is 2. The molecule has 4 heterocycles. The van der Waals surface area contributed by atoms with Gasteiger partial charge in [-0.1, -0.05) is 13.8 Å². The number of hydrogen-bond acceptors (Lipinski definition) is 8. The van der Waals surface area contributed by atoms with Crippen LogP contribution in [0.4, 0.5) is 0 Å². The molecular weight excluding hydrogens is 661 g/mol. The molecule has 262 valence electrons. The molecule has 0 aliphatic carbocycles. The first kappa shape index (κ1) is 37.8. The van der Waals surface area contributed by atoms with Gasteiger partial charge >= 0.3 is 11.9 Å². The van der Waals surface area contributed by atoms with Crippen molar-refractivity contribution in [1.82, 2.24) is 15.3 Å². The molecular formula is C37H46N4O6S2. The number of aliphatic imine (C=N–C) groups is 1. The van der Waals surface area contributed by atoms with E-state index in [9.17, 15) is 19.2 Å². The van der Waals surface area contributed by atoms with Gasteiger partial charge in [-0.3, -0.25) is 19.2 Å². The number of rotatable bonds is 13. The number of H-pyrrole nitrogens is 2. The summed E-state index contributed by atoms with van der Waals surface area (Å²) in [7, 11) is 2.78. The van der Waals surface area contributed by atoms with Gasteiger partial charge in [-0.15, -0.1) is 23.5 Å². The van der Waals surface area contributed by atoms with E-state index in [4.69, 9.17) is 9.47 Å². The lowest BCUT2D eigenvalue weighted by molar-refractivity contribution is -0.140. The molecule has 2 unspecified atom stereocenters. The zero-order valence-electron chi connectivity index (χ0n) is 29.9. The van der Waals surface area contributed by atoms with Crippen molar-refractivity contribution in [2.24, 2.45) is 4.99 Å². The van der Waals surface area contributed by atoms with Crippen LogP contribution in [0.3, 0.4) is 0 Å². The van der Waals surface area contributed by atoms with Crippen LogP contribution in [-0.4, -0.2) is 76.7 Å². The third-order valence-electron chi connectivity index (χ3n) is 9.42. The van der Waals surface area contributed by atoms with Gasteiger partial charge in [-0.05, 0) is 118 Å². The monoisotopic (exact) mass is 706 g/mol. The van der Waals surface area contributed by atoms with Crippen molar-refractivity contribution >= 4 is 71.2 Å². The van der Waals surface area contributed by atoms with Crippen molar-refractivity contribution < 1.29 is 28.7 Å². The minimum absolute atomic E-state index is 0.110. The van der Waals surface area contributed by atoms with Gasteiger partial charge in [0.1, 0.15) is 10.5 Å². The van der Waals surface area contributed by atoms with E-state index in [1.165, 1.54) is 37.7 Å². The number of aromatic nitrogens is 2. The number of carbonyl (C=O) groups excluding carboxylic acids is 4. The van der Waals surface area contributed by atoms with Crippen LogP contribution < -0.4 is 16.0 Å². The van der Waals surface area contributed by atoms with Gasteiger partial charge in [0.15, 0.2) is 0 Å². The number of carbonyl (C=O) groups is 4. The number of aromatic amines is 2. The van der Waals surface area contributed by atoms with Gasteiger partial charge in [0.2, 0.25) is 0 Å². The van der Waals surface area contributed by atoms with Crippen LogP contribution in [0.2, 0.25) is 0 Å². The fraction of sp³-hybridized carbons (Fsp3) is 0.432. The highest BCUT2D eigenvalue weighted by molar-refractivity contribution is 8.00. The average Bonchev–Trinajstić information content (AvgIpc) is 3.73. The molecule has 0 saturated heterocycles. The van der Waals surface area contributed by atoms with Crippen LogP contribution >= 0.6 is 23.5 Å². The predicted molar refractivity (Wildman–Crippen MR) is 199 cm³/mol. The van der Waals surface area contributed by atoms with E-state index < -0.39 is 10.5 Å². The summed E-state index contributed by atoms with van der Waals surface area (Å²) in [6.45, 7) is 11.6. The van der Waals surface area contributed by atoms with Crippen molar-refractivity contribution in [1.29, 1.82) is 0 Å². The zero-order chi connectivity index (χ0) is 36.2. The molecule has 2 amide bonds. The van der Waals surface area contributed by atoms with Crippen LogP contribution in [-0.2, 0) is 41.5 Å². The predicted octanol–water partition coefficient (Wildman–Crippen LogP) is 4.37. The maximum atomic E-state index is 12.8. The van der Waals surface area contributed by atoms with E-state index in [2.05, 4.69) is 20.3 Å². The Hall–Kier alpha value is -4.03. The summed E-state index contributed by atoms with van der Waals surface area (Å²) in [4.78, 5) is 62.0. The molecule has 0 aromatic carbocycles. The maximum Gasteiger partial charge on any atom is 0.319 e. The number of methoxy groups -OCH3 is 2. The molecule has 2 aromatic rings. The molecule has 0 saturated carbocycles. The van der Waals surface area contributed by atoms with E-state index in [1.54, 1.807) is 6.92 Å². The lowest BCUT2D eigenvalue weighted by atomic mass is 10.0. The Bertz CT molecular complexity index is 1940. The van der Waals surface area contributed by atoms with Crippen molar-refractivity contribution in [3.8, 4) is 0 Å². The summed E-state index contributed by atoms with van der Waals surface area (Å²) >= 11 is 2.84. The maximum absolute atomic E-state index is 12.8. The first-order chi connectivity index (χ1) is 23.3. The zero-order valence-corrected chi connectivity index (χ0v) is 31.6. The van der Waals surface area contributed by atoms with Crippen LogP contribution in [0.5, 0.6) is 0 Å². The first-order valence-corrected chi connectivity index (χ1v) is 18.8. The van der Waals surface area contributed by atoms with Gasteiger partial charge in [-0.25, -0.2) is 4.99 Å². The number of thioether (sulfide) groups is 2. The molecule has 0 spiro atoms. The smallest absolute Gasteiger partial charge is 0.319 e. The number of allylic oxidation sites excluding steroid dienone is 2. The first-order valence-electron chi connectivity index (χ1n) is 16.2. The van der Waals surface area contributed by atoms with Gasteiger partial charge in [0, 0.05) is 38.9 Å². The molecule has 0 radical (unpaired) electrons. The highest BCUT2D eigenvalue weighted by Crippen LogP contribution is 2.30. The number of nitrogens with one attached hydrogen (secondary N) is 3. The Labute approximate surface area is 296 Å². The number of esters is 2. The minimum atomic E-state index is -0.447. The summed E-state index contributed by atoms with van der Waals surface area (Å²) in [5, 5.41) is 3.66. The fourth-order valence-corrected chi connectivity index (χ4v) is 7.60. The Morgan fingerprint density at radius 2 is 1.35 bits per heavy atom. The SMILES string of the molecule is CCC1=C(C)C(=O)N=C1/C=c1/[nH]/c(=C\c2[nH]c(/C=C3/NC(=O)C(C)=C3CC)c(C)c2CC(SC)C(=O)OC)c(CC(SC)C(=O)OC)c1C. The summed E-state index contributed by atoms with van der Waals surface area (Å²) in [6, 6.07) is 0.